The molecule has 0 aliphatic carbocycles. The van der Waals surface area contributed by atoms with Gasteiger partial charge in [-0.25, -0.2) is 0 Å². The summed E-state index contributed by atoms with van der Waals surface area (Å²) in [6, 6.07) is 15.1. The lowest BCUT2D eigenvalue weighted by Crippen LogP contribution is -2.52. The fraction of sp³-hybridized carbons (Fsp3) is 0.409. The predicted octanol–water partition coefficient (Wildman–Crippen LogP) is 3.22. The van der Waals surface area contributed by atoms with E-state index < -0.39 is 0 Å². The molecular weight excluding hydrogens is 368 g/mol. The summed E-state index contributed by atoms with van der Waals surface area (Å²) in [6.07, 6.45) is 2.96. The highest BCUT2D eigenvalue weighted by molar-refractivity contribution is 7.09. The number of rotatable bonds is 7. The molecule has 3 heterocycles. The van der Waals surface area contributed by atoms with Crippen molar-refractivity contribution in [2.24, 2.45) is 7.05 Å². The van der Waals surface area contributed by atoms with Crippen molar-refractivity contribution < 1.29 is 5.11 Å². The van der Waals surface area contributed by atoms with E-state index in [2.05, 4.69) is 57.8 Å². The Balaban J connectivity index is 1.46. The van der Waals surface area contributed by atoms with Crippen molar-refractivity contribution in [1.29, 1.82) is 0 Å². The van der Waals surface area contributed by atoms with Gasteiger partial charge in [0.05, 0.1) is 5.69 Å². The first-order valence-corrected chi connectivity index (χ1v) is 10.8. The van der Waals surface area contributed by atoms with Gasteiger partial charge in [-0.3, -0.25) is 14.5 Å². The summed E-state index contributed by atoms with van der Waals surface area (Å²) in [5, 5.41) is 16.4. The highest BCUT2D eigenvalue weighted by atomic mass is 32.1. The van der Waals surface area contributed by atoms with Gasteiger partial charge >= 0.3 is 0 Å². The van der Waals surface area contributed by atoms with Gasteiger partial charge in [0, 0.05) is 74.6 Å². The van der Waals surface area contributed by atoms with Crippen LogP contribution in [0, 0.1) is 0 Å². The van der Waals surface area contributed by atoms with Crippen molar-refractivity contribution in [3.63, 3.8) is 0 Å². The van der Waals surface area contributed by atoms with Crippen LogP contribution in [0.25, 0.3) is 11.3 Å². The summed E-state index contributed by atoms with van der Waals surface area (Å²) < 4.78 is 1.91. The standard InChI is InChI=1S/C22H28N4OS/c1-24-14-19(22(23-24)18-6-3-2-4-7-18)15-25-10-11-26(20(16-25)9-12-27)17-21-8-5-13-28-21/h2-8,13-14,20,27H,9-12,15-17H2,1H3/t20-/m0/s1. The number of hydrogen-bond acceptors (Lipinski definition) is 5. The smallest absolute Gasteiger partial charge is 0.0968 e. The normalized spacial score (nSPS) is 18.6. The lowest BCUT2D eigenvalue weighted by molar-refractivity contribution is 0.0507. The number of aromatic nitrogens is 2. The van der Waals surface area contributed by atoms with Crippen LogP contribution >= 0.6 is 11.3 Å². The molecule has 4 rings (SSSR count). The second kappa shape index (κ2) is 9.01. The molecule has 1 aromatic carbocycles. The Kier molecular flexibility index (Phi) is 6.22. The number of nitrogens with zero attached hydrogens (tertiary/aromatic N) is 4. The molecule has 2 aromatic heterocycles. The van der Waals surface area contributed by atoms with Crippen molar-refractivity contribution in [2.45, 2.75) is 25.6 Å². The monoisotopic (exact) mass is 396 g/mol. The van der Waals surface area contributed by atoms with Gasteiger partial charge in [-0.2, -0.15) is 5.10 Å². The molecule has 148 valence electrons. The Morgan fingerprint density at radius 2 is 1.96 bits per heavy atom. The molecule has 5 nitrogen and oxygen atoms in total. The fourth-order valence-corrected chi connectivity index (χ4v) is 4.80. The van der Waals surface area contributed by atoms with Crippen LogP contribution in [0.5, 0.6) is 0 Å². The van der Waals surface area contributed by atoms with Crippen LogP contribution in [0.15, 0.2) is 54.0 Å². The molecule has 28 heavy (non-hydrogen) atoms. The Bertz CT molecular complexity index is 862. The van der Waals surface area contributed by atoms with Crippen molar-refractivity contribution in [1.82, 2.24) is 19.6 Å². The number of hydrogen-bond donors (Lipinski definition) is 1. The van der Waals surface area contributed by atoms with Crippen LogP contribution in [0.1, 0.15) is 16.9 Å². The van der Waals surface area contributed by atoms with Gasteiger partial charge in [-0.15, -0.1) is 11.3 Å². The van der Waals surface area contributed by atoms with E-state index in [1.807, 2.05) is 29.1 Å². The average molecular weight is 397 g/mol. The minimum absolute atomic E-state index is 0.238. The number of benzene rings is 1. The Morgan fingerprint density at radius 1 is 1.11 bits per heavy atom. The molecule has 6 heteroatoms. The van der Waals surface area contributed by atoms with E-state index in [0.717, 1.165) is 44.8 Å². The summed E-state index contributed by atoms with van der Waals surface area (Å²) in [5.41, 5.74) is 3.51. The predicted molar refractivity (Wildman–Crippen MR) is 114 cm³/mol. The van der Waals surface area contributed by atoms with E-state index in [0.29, 0.717) is 6.04 Å². The van der Waals surface area contributed by atoms with Crippen molar-refractivity contribution in [3.8, 4) is 11.3 Å². The third-order valence-corrected chi connectivity index (χ3v) is 6.30. The molecule has 0 bridgehead atoms. The highest BCUT2D eigenvalue weighted by Crippen LogP contribution is 2.25. The molecule has 1 aliphatic heterocycles. The molecule has 1 atom stereocenters. The summed E-state index contributed by atoms with van der Waals surface area (Å²) in [4.78, 5) is 6.43. The van der Waals surface area contributed by atoms with Gasteiger partial charge in [-0.05, 0) is 17.9 Å². The van der Waals surface area contributed by atoms with E-state index in [4.69, 9.17) is 5.10 Å². The summed E-state index contributed by atoms with van der Waals surface area (Å²) in [6.45, 7) is 5.17. The SMILES string of the molecule is Cn1cc(CN2CCN(Cc3cccs3)[C@@H](CCO)C2)c(-c2ccccc2)n1. The zero-order chi connectivity index (χ0) is 19.3. The minimum atomic E-state index is 0.238. The Labute approximate surface area is 170 Å². The number of aliphatic hydroxyl groups is 1. The minimum Gasteiger partial charge on any atom is -0.396 e. The maximum absolute atomic E-state index is 9.58. The zero-order valence-corrected chi connectivity index (χ0v) is 17.2. The van der Waals surface area contributed by atoms with Crippen LogP contribution in [-0.4, -0.2) is 57.0 Å². The second-order valence-electron chi connectivity index (χ2n) is 7.49. The van der Waals surface area contributed by atoms with Crippen LogP contribution in [-0.2, 0) is 20.1 Å². The maximum atomic E-state index is 9.58. The number of piperazine rings is 1. The first-order chi connectivity index (χ1) is 13.7. The molecule has 1 aliphatic rings. The van der Waals surface area contributed by atoms with Crippen LogP contribution in [0.2, 0.25) is 0 Å². The third-order valence-electron chi connectivity index (χ3n) is 5.44. The first-order valence-electron chi connectivity index (χ1n) is 9.90. The molecular formula is C22H28N4OS. The zero-order valence-electron chi connectivity index (χ0n) is 16.4. The van der Waals surface area contributed by atoms with E-state index in [1.54, 1.807) is 0 Å². The first kappa shape index (κ1) is 19.3. The molecule has 3 aromatic rings. The average Bonchev–Trinajstić information content (AvgIpc) is 3.34. The quantitative estimate of drug-likeness (QED) is 0.666. The number of aryl methyl sites for hydroxylation is 1. The molecule has 0 saturated carbocycles. The van der Waals surface area contributed by atoms with Crippen molar-refractivity contribution in [3.05, 3.63) is 64.5 Å². The largest absolute Gasteiger partial charge is 0.396 e. The van der Waals surface area contributed by atoms with Gasteiger partial charge in [0.25, 0.3) is 0 Å². The lowest BCUT2D eigenvalue weighted by atomic mass is 10.1. The maximum Gasteiger partial charge on any atom is 0.0968 e. The molecule has 0 radical (unpaired) electrons. The van der Waals surface area contributed by atoms with Crippen LogP contribution in [0.4, 0.5) is 0 Å². The molecule has 1 N–H and O–H groups in total. The van der Waals surface area contributed by atoms with Crippen molar-refractivity contribution in [2.75, 3.05) is 26.2 Å². The van der Waals surface area contributed by atoms with Crippen LogP contribution in [0.3, 0.4) is 0 Å². The second-order valence-corrected chi connectivity index (χ2v) is 8.53. The summed E-state index contributed by atoms with van der Waals surface area (Å²) >= 11 is 1.81. The third kappa shape index (κ3) is 4.52. The van der Waals surface area contributed by atoms with Gasteiger partial charge < -0.3 is 5.11 Å². The Hall–Kier alpha value is -1.99. The highest BCUT2D eigenvalue weighted by Gasteiger charge is 2.27. The van der Waals surface area contributed by atoms with Crippen molar-refractivity contribution >= 4 is 11.3 Å². The lowest BCUT2D eigenvalue weighted by Gasteiger charge is -2.41. The number of thiophene rings is 1. The molecule has 0 spiro atoms. The molecule has 1 fully saturated rings. The topological polar surface area (TPSA) is 44.5 Å². The van der Waals surface area contributed by atoms with Gasteiger partial charge in [-0.1, -0.05) is 36.4 Å². The van der Waals surface area contributed by atoms with Gasteiger partial charge in [0.2, 0.25) is 0 Å². The summed E-state index contributed by atoms with van der Waals surface area (Å²) in [7, 11) is 1.99. The van der Waals surface area contributed by atoms with Gasteiger partial charge in [0.1, 0.15) is 0 Å². The fourth-order valence-electron chi connectivity index (χ4n) is 4.07. The summed E-state index contributed by atoms with van der Waals surface area (Å²) in [5.74, 6) is 0. The van der Waals surface area contributed by atoms with E-state index >= 15 is 0 Å². The molecule has 0 amide bonds. The van der Waals surface area contributed by atoms with Crippen LogP contribution < -0.4 is 0 Å². The number of aliphatic hydroxyl groups excluding tert-OH is 1. The van der Waals surface area contributed by atoms with E-state index in [1.165, 1.54) is 16.0 Å². The Morgan fingerprint density at radius 3 is 2.71 bits per heavy atom. The van der Waals surface area contributed by atoms with E-state index in [-0.39, 0.29) is 6.61 Å². The molecule has 1 saturated heterocycles. The molecule has 0 unspecified atom stereocenters. The van der Waals surface area contributed by atoms with E-state index in [9.17, 15) is 5.11 Å². The van der Waals surface area contributed by atoms with Gasteiger partial charge in [0.15, 0.2) is 0 Å².